The van der Waals surface area contributed by atoms with Crippen LogP contribution in [0.4, 0.5) is 5.69 Å². The van der Waals surface area contributed by atoms with Crippen molar-refractivity contribution in [2.45, 2.75) is 19.3 Å². The summed E-state index contributed by atoms with van der Waals surface area (Å²) in [5.41, 5.74) is 0.617. The number of carbonyl (C=O) groups is 1. The number of ether oxygens (including phenoxy) is 1. The number of methoxy groups -OCH3 is 1. The molecule has 3 nitrogen and oxygen atoms in total. The number of amides is 1. The van der Waals surface area contributed by atoms with E-state index in [-0.39, 0.29) is 5.91 Å². The van der Waals surface area contributed by atoms with Crippen molar-refractivity contribution >= 4 is 34.8 Å². The number of benzene rings is 2. The molecule has 5 heteroatoms. The van der Waals surface area contributed by atoms with Gasteiger partial charge in [-0.3, -0.25) is 4.79 Å². The topological polar surface area (TPSA) is 38.3 Å². The lowest BCUT2D eigenvalue weighted by Gasteiger charge is -2.25. The second kappa shape index (κ2) is 6.59. The molecule has 2 aromatic carbocycles. The van der Waals surface area contributed by atoms with Crippen LogP contribution in [0.1, 0.15) is 19.4 Å². The molecule has 22 heavy (non-hydrogen) atoms. The first kappa shape index (κ1) is 16.7. The summed E-state index contributed by atoms with van der Waals surface area (Å²) in [5.74, 6) is 0.384. The standard InChI is InChI=1S/C17H17Cl2NO2/c1-17(2,11-5-4-6-12(18)9-11)16(21)20-14-10-13(19)7-8-15(14)22-3/h4-10H,1-3H3,(H,20,21). The fourth-order valence-corrected chi connectivity index (χ4v) is 2.43. The highest BCUT2D eigenvalue weighted by molar-refractivity contribution is 6.31. The minimum absolute atomic E-state index is 0.171. The van der Waals surface area contributed by atoms with E-state index in [2.05, 4.69) is 5.32 Å². The lowest BCUT2D eigenvalue weighted by atomic mass is 9.83. The van der Waals surface area contributed by atoms with Crippen LogP contribution >= 0.6 is 23.2 Å². The Kier molecular flexibility index (Phi) is 4.99. The lowest BCUT2D eigenvalue weighted by molar-refractivity contribution is -0.120. The molecular weight excluding hydrogens is 321 g/mol. The van der Waals surface area contributed by atoms with E-state index in [1.54, 1.807) is 37.4 Å². The molecule has 116 valence electrons. The fourth-order valence-electron chi connectivity index (χ4n) is 2.06. The van der Waals surface area contributed by atoms with E-state index in [1.807, 2.05) is 26.0 Å². The normalized spacial score (nSPS) is 11.1. The molecule has 0 atom stereocenters. The van der Waals surface area contributed by atoms with Crippen LogP contribution in [0.3, 0.4) is 0 Å². The Balaban J connectivity index is 2.30. The predicted octanol–water partition coefficient (Wildman–Crippen LogP) is 4.92. The Morgan fingerprint density at radius 1 is 1.09 bits per heavy atom. The molecule has 0 fully saturated rings. The third-order valence-corrected chi connectivity index (χ3v) is 3.99. The third-order valence-electron chi connectivity index (χ3n) is 3.52. The van der Waals surface area contributed by atoms with Gasteiger partial charge in [0.2, 0.25) is 5.91 Å². The van der Waals surface area contributed by atoms with Crippen LogP contribution in [-0.2, 0) is 10.2 Å². The molecule has 0 spiro atoms. The first-order chi connectivity index (χ1) is 10.3. The molecule has 1 N–H and O–H groups in total. The molecule has 0 aliphatic carbocycles. The largest absolute Gasteiger partial charge is 0.495 e. The summed E-state index contributed by atoms with van der Waals surface area (Å²) in [4.78, 5) is 12.7. The number of halogens is 2. The number of hydrogen-bond acceptors (Lipinski definition) is 2. The van der Waals surface area contributed by atoms with E-state index in [9.17, 15) is 4.79 Å². The summed E-state index contributed by atoms with van der Waals surface area (Å²) < 4.78 is 5.24. The molecule has 0 radical (unpaired) electrons. The summed E-state index contributed by atoms with van der Waals surface area (Å²) in [6.45, 7) is 3.68. The lowest BCUT2D eigenvalue weighted by Crippen LogP contribution is -2.34. The summed E-state index contributed by atoms with van der Waals surface area (Å²) >= 11 is 12.0. The average molecular weight is 338 g/mol. The minimum Gasteiger partial charge on any atom is -0.495 e. The van der Waals surface area contributed by atoms with Crippen molar-refractivity contribution in [3.63, 3.8) is 0 Å². The van der Waals surface area contributed by atoms with Crippen molar-refractivity contribution in [3.05, 3.63) is 58.1 Å². The van der Waals surface area contributed by atoms with E-state index in [0.29, 0.717) is 21.5 Å². The van der Waals surface area contributed by atoms with E-state index >= 15 is 0 Å². The SMILES string of the molecule is COc1ccc(Cl)cc1NC(=O)C(C)(C)c1cccc(Cl)c1. The van der Waals surface area contributed by atoms with Crippen LogP contribution in [0.2, 0.25) is 10.0 Å². The molecule has 0 heterocycles. The van der Waals surface area contributed by atoms with Crippen molar-refractivity contribution in [2.24, 2.45) is 0 Å². The highest BCUT2D eigenvalue weighted by Crippen LogP contribution is 2.31. The Morgan fingerprint density at radius 3 is 2.41 bits per heavy atom. The highest BCUT2D eigenvalue weighted by atomic mass is 35.5. The van der Waals surface area contributed by atoms with Gasteiger partial charge in [-0.15, -0.1) is 0 Å². The molecule has 2 rings (SSSR count). The Bertz CT molecular complexity index is 699. The van der Waals surface area contributed by atoms with E-state index in [0.717, 1.165) is 5.56 Å². The molecule has 0 saturated carbocycles. The van der Waals surface area contributed by atoms with Gasteiger partial charge in [0.1, 0.15) is 5.75 Å². The average Bonchev–Trinajstić information content (AvgIpc) is 2.47. The third kappa shape index (κ3) is 3.54. The van der Waals surface area contributed by atoms with Crippen molar-refractivity contribution < 1.29 is 9.53 Å². The van der Waals surface area contributed by atoms with Crippen molar-refractivity contribution in [2.75, 3.05) is 12.4 Å². The van der Waals surface area contributed by atoms with Gasteiger partial charge >= 0.3 is 0 Å². The number of rotatable bonds is 4. The smallest absolute Gasteiger partial charge is 0.234 e. The maximum Gasteiger partial charge on any atom is 0.234 e. The molecular formula is C17H17Cl2NO2. The van der Waals surface area contributed by atoms with Gasteiger partial charge < -0.3 is 10.1 Å². The molecule has 0 aliphatic rings. The Hall–Kier alpha value is -1.71. The van der Waals surface area contributed by atoms with E-state index in [4.69, 9.17) is 27.9 Å². The van der Waals surface area contributed by atoms with Crippen LogP contribution < -0.4 is 10.1 Å². The fraction of sp³-hybridized carbons (Fsp3) is 0.235. The van der Waals surface area contributed by atoms with E-state index < -0.39 is 5.41 Å². The van der Waals surface area contributed by atoms with Crippen molar-refractivity contribution in [1.29, 1.82) is 0 Å². The maximum absolute atomic E-state index is 12.7. The zero-order valence-corrected chi connectivity index (χ0v) is 14.1. The monoisotopic (exact) mass is 337 g/mol. The summed E-state index contributed by atoms with van der Waals surface area (Å²) in [6.07, 6.45) is 0. The van der Waals surface area contributed by atoms with Crippen molar-refractivity contribution in [1.82, 2.24) is 0 Å². The zero-order chi connectivity index (χ0) is 16.3. The Morgan fingerprint density at radius 2 is 1.77 bits per heavy atom. The number of carbonyl (C=O) groups excluding carboxylic acids is 1. The molecule has 0 aromatic heterocycles. The number of hydrogen-bond donors (Lipinski definition) is 1. The first-order valence-electron chi connectivity index (χ1n) is 6.75. The minimum atomic E-state index is -0.752. The van der Waals surface area contributed by atoms with Gasteiger partial charge in [0, 0.05) is 10.0 Å². The van der Waals surface area contributed by atoms with Gasteiger partial charge in [-0.1, -0.05) is 35.3 Å². The van der Waals surface area contributed by atoms with Crippen molar-refractivity contribution in [3.8, 4) is 5.75 Å². The number of nitrogens with one attached hydrogen (secondary N) is 1. The highest BCUT2D eigenvalue weighted by Gasteiger charge is 2.30. The van der Waals surface area contributed by atoms with E-state index in [1.165, 1.54) is 0 Å². The maximum atomic E-state index is 12.7. The summed E-state index contributed by atoms with van der Waals surface area (Å²) in [7, 11) is 1.54. The van der Waals surface area contributed by atoms with Gasteiger partial charge in [-0.2, -0.15) is 0 Å². The van der Waals surface area contributed by atoms with Gasteiger partial charge in [-0.05, 0) is 49.7 Å². The Labute approximate surface area is 140 Å². The molecule has 0 saturated heterocycles. The summed E-state index contributed by atoms with van der Waals surface area (Å²) in [5, 5.41) is 3.99. The second-order valence-corrected chi connectivity index (χ2v) is 6.31. The van der Waals surface area contributed by atoms with Crippen LogP contribution in [0, 0.1) is 0 Å². The molecule has 2 aromatic rings. The second-order valence-electron chi connectivity index (χ2n) is 5.43. The van der Waals surface area contributed by atoms with Crippen LogP contribution in [-0.4, -0.2) is 13.0 Å². The van der Waals surface area contributed by atoms with Gasteiger partial charge in [0.15, 0.2) is 0 Å². The molecule has 0 unspecified atom stereocenters. The first-order valence-corrected chi connectivity index (χ1v) is 7.51. The molecule has 1 amide bonds. The predicted molar refractivity (Wildman–Crippen MR) is 91.1 cm³/mol. The summed E-state index contributed by atoms with van der Waals surface area (Å²) in [6, 6.07) is 12.3. The van der Waals surface area contributed by atoms with Gasteiger partial charge in [0.05, 0.1) is 18.2 Å². The number of anilines is 1. The zero-order valence-electron chi connectivity index (χ0n) is 12.6. The van der Waals surface area contributed by atoms with Crippen LogP contribution in [0.25, 0.3) is 0 Å². The van der Waals surface area contributed by atoms with Crippen LogP contribution in [0.5, 0.6) is 5.75 Å². The van der Waals surface area contributed by atoms with Gasteiger partial charge in [0.25, 0.3) is 0 Å². The quantitative estimate of drug-likeness (QED) is 0.859. The molecule has 0 aliphatic heterocycles. The van der Waals surface area contributed by atoms with Crippen LogP contribution in [0.15, 0.2) is 42.5 Å². The van der Waals surface area contributed by atoms with Gasteiger partial charge in [-0.25, -0.2) is 0 Å². The molecule has 0 bridgehead atoms.